The monoisotopic (exact) mass is 294 g/mol. The van der Waals surface area contributed by atoms with E-state index in [0.29, 0.717) is 22.5 Å². The predicted octanol–water partition coefficient (Wildman–Crippen LogP) is 3.19. The van der Waals surface area contributed by atoms with Crippen LogP contribution in [-0.2, 0) is 0 Å². The van der Waals surface area contributed by atoms with Crippen LogP contribution in [0.25, 0.3) is 0 Å². The van der Waals surface area contributed by atoms with Gasteiger partial charge in [0, 0.05) is 19.1 Å². The van der Waals surface area contributed by atoms with E-state index >= 15 is 0 Å². The highest BCUT2D eigenvalue weighted by atomic mass is 35.5. The molecule has 0 saturated carbocycles. The molecule has 1 atom stereocenters. The number of halogens is 1. The zero-order chi connectivity index (χ0) is 14.5. The fourth-order valence-electron chi connectivity index (χ4n) is 2.66. The van der Waals surface area contributed by atoms with Crippen LogP contribution in [0.15, 0.2) is 24.3 Å². The smallest absolute Gasteiger partial charge is 0.255 e. The minimum atomic E-state index is 0.0398. The maximum absolute atomic E-state index is 12.7. The van der Waals surface area contributed by atoms with Crippen molar-refractivity contribution >= 4 is 17.5 Å². The summed E-state index contributed by atoms with van der Waals surface area (Å²) < 4.78 is 0. The molecule has 2 rings (SSSR count). The zero-order valence-electron chi connectivity index (χ0n) is 12.2. The number of nitrogens with zero attached hydrogens (tertiary/aromatic N) is 1. The Balaban J connectivity index is 2.12. The molecule has 20 heavy (non-hydrogen) atoms. The Bertz CT molecular complexity index is 456. The van der Waals surface area contributed by atoms with Gasteiger partial charge in [-0.15, -0.1) is 0 Å². The number of nitrogens with one attached hydrogen (secondary N) is 1. The molecule has 0 aliphatic carbocycles. The largest absolute Gasteiger partial charge is 0.337 e. The van der Waals surface area contributed by atoms with Gasteiger partial charge in [0.05, 0.1) is 10.6 Å². The molecule has 0 radical (unpaired) electrons. The molecule has 0 bridgehead atoms. The van der Waals surface area contributed by atoms with Gasteiger partial charge in [0.1, 0.15) is 0 Å². The fraction of sp³-hybridized carbons (Fsp3) is 0.562. The van der Waals surface area contributed by atoms with Gasteiger partial charge in [-0.3, -0.25) is 4.79 Å². The van der Waals surface area contributed by atoms with Crippen LogP contribution < -0.4 is 5.32 Å². The van der Waals surface area contributed by atoms with Crippen molar-refractivity contribution in [2.45, 2.75) is 32.7 Å². The summed E-state index contributed by atoms with van der Waals surface area (Å²) in [6, 6.07) is 7.71. The summed E-state index contributed by atoms with van der Waals surface area (Å²) in [5.74, 6) is 0.487. The van der Waals surface area contributed by atoms with Gasteiger partial charge in [-0.05, 0) is 37.4 Å². The van der Waals surface area contributed by atoms with Crippen LogP contribution in [0, 0.1) is 5.92 Å². The second-order valence-electron chi connectivity index (χ2n) is 5.88. The highest BCUT2D eigenvalue weighted by Crippen LogP contribution is 2.19. The summed E-state index contributed by atoms with van der Waals surface area (Å²) >= 11 is 6.15. The molecule has 1 N–H and O–H groups in total. The van der Waals surface area contributed by atoms with Crippen molar-refractivity contribution < 1.29 is 4.79 Å². The fourth-order valence-corrected chi connectivity index (χ4v) is 2.88. The van der Waals surface area contributed by atoms with E-state index in [-0.39, 0.29) is 5.91 Å². The van der Waals surface area contributed by atoms with E-state index in [0.717, 1.165) is 26.1 Å². The van der Waals surface area contributed by atoms with Crippen LogP contribution in [0.4, 0.5) is 0 Å². The van der Waals surface area contributed by atoms with E-state index in [1.807, 2.05) is 17.0 Å². The van der Waals surface area contributed by atoms with Crippen LogP contribution in [0.3, 0.4) is 0 Å². The lowest BCUT2D eigenvalue weighted by atomic mass is 10.1. The van der Waals surface area contributed by atoms with Gasteiger partial charge in [-0.25, -0.2) is 0 Å². The summed E-state index contributed by atoms with van der Waals surface area (Å²) in [5.41, 5.74) is 0.604. The van der Waals surface area contributed by atoms with Gasteiger partial charge in [0.15, 0.2) is 0 Å². The van der Waals surface area contributed by atoms with Crippen LogP contribution >= 0.6 is 11.6 Å². The number of carbonyl (C=O) groups excluding carboxylic acids is 1. The van der Waals surface area contributed by atoms with E-state index in [4.69, 9.17) is 11.6 Å². The molecule has 0 aromatic heterocycles. The number of rotatable bonds is 5. The van der Waals surface area contributed by atoms with Crippen LogP contribution in [-0.4, -0.2) is 36.5 Å². The molecule has 1 heterocycles. The molecule has 1 aromatic carbocycles. The van der Waals surface area contributed by atoms with Crippen molar-refractivity contribution in [1.82, 2.24) is 10.2 Å². The van der Waals surface area contributed by atoms with Crippen molar-refractivity contribution in [1.29, 1.82) is 0 Å². The van der Waals surface area contributed by atoms with Gasteiger partial charge in [-0.2, -0.15) is 0 Å². The third-order valence-corrected chi connectivity index (χ3v) is 3.91. The molecule has 1 saturated heterocycles. The third-order valence-electron chi connectivity index (χ3n) is 3.58. The van der Waals surface area contributed by atoms with Crippen LogP contribution in [0.5, 0.6) is 0 Å². The second kappa shape index (κ2) is 7.09. The Morgan fingerprint density at radius 1 is 1.45 bits per heavy atom. The average molecular weight is 295 g/mol. The molecule has 1 unspecified atom stereocenters. The third kappa shape index (κ3) is 3.97. The summed E-state index contributed by atoms with van der Waals surface area (Å²) in [7, 11) is 0. The molecule has 1 aliphatic heterocycles. The van der Waals surface area contributed by atoms with E-state index in [1.165, 1.54) is 6.42 Å². The van der Waals surface area contributed by atoms with E-state index in [9.17, 15) is 4.79 Å². The Labute approximate surface area is 126 Å². The molecule has 0 spiro atoms. The Hall–Kier alpha value is -1.06. The van der Waals surface area contributed by atoms with Crippen molar-refractivity contribution in [2.75, 3.05) is 19.6 Å². The zero-order valence-corrected chi connectivity index (χ0v) is 13.0. The quantitative estimate of drug-likeness (QED) is 0.904. The summed E-state index contributed by atoms with van der Waals surface area (Å²) in [5, 5.41) is 3.99. The van der Waals surface area contributed by atoms with Crippen molar-refractivity contribution in [3.05, 3.63) is 34.9 Å². The Morgan fingerprint density at radius 2 is 2.20 bits per heavy atom. The summed E-state index contributed by atoms with van der Waals surface area (Å²) in [4.78, 5) is 14.6. The SMILES string of the molecule is CC(C)CN(CC1CCCN1)C(=O)c1ccccc1Cl. The first kappa shape index (κ1) is 15.3. The lowest BCUT2D eigenvalue weighted by molar-refractivity contribution is 0.0721. The van der Waals surface area contributed by atoms with E-state index in [2.05, 4.69) is 19.2 Å². The van der Waals surface area contributed by atoms with Crippen LogP contribution in [0.1, 0.15) is 37.0 Å². The number of hydrogen-bond donors (Lipinski definition) is 1. The first-order chi connectivity index (χ1) is 9.58. The standard InChI is InChI=1S/C16H23ClN2O/c1-12(2)10-19(11-13-6-5-9-18-13)16(20)14-7-3-4-8-15(14)17/h3-4,7-8,12-13,18H,5-6,9-11H2,1-2H3. The maximum atomic E-state index is 12.7. The summed E-state index contributed by atoms with van der Waals surface area (Å²) in [6.07, 6.45) is 2.34. The molecule has 1 aliphatic rings. The number of carbonyl (C=O) groups is 1. The first-order valence-electron chi connectivity index (χ1n) is 7.35. The van der Waals surface area contributed by atoms with Gasteiger partial charge in [0.2, 0.25) is 0 Å². The topological polar surface area (TPSA) is 32.3 Å². The Kier molecular flexibility index (Phi) is 5.44. The molecule has 1 amide bonds. The number of amides is 1. The first-order valence-corrected chi connectivity index (χ1v) is 7.73. The van der Waals surface area contributed by atoms with E-state index in [1.54, 1.807) is 12.1 Å². The van der Waals surface area contributed by atoms with Gasteiger partial charge < -0.3 is 10.2 Å². The Morgan fingerprint density at radius 3 is 2.80 bits per heavy atom. The highest BCUT2D eigenvalue weighted by Gasteiger charge is 2.24. The molecular weight excluding hydrogens is 272 g/mol. The lowest BCUT2D eigenvalue weighted by Gasteiger charge is -2.28. The second-order valence-corrected chi connectivity index (χ2v) is 6.28. The molecule has 4 heteroatoms. The van der Waals surface area contributed by atoms with Gasteiger partial charge >= 0.3 is 0 Å². The number of hydrogen-bond acceptors (Lipinski definition) is 2. The molecular formula is C16H23ClN2O. The molecule has 1 aromatic rings. The summed E-state index contributed by atoms with van der Waals surface area (Å²) in [6.45, 7) is 6.86. The van der Waals surface area contributed by atoms with Crippen molar-refractivity contribution in [2.24, 2.45) is 5.92 Å². The minimum Gasteiger partial charge on any atom is -0.337 e. The van der Waals surface area contributed by atoms with Gasteiger partial charge in [-0.1, -0.05) is 37.6 Å². The van der Waals surface area contributed by atoms with E-state index < -0.39 is 0 Å². The maximum Gasteiger partial charge on any atom is 0.255 e. The number of benzene rings is 1. The lowest BCUT2D eigenvalue weighted by Crippen LogP contribution is -2.42. The highest BCUT2D eigenvalue weighted by molar-refractivity contribution is 6.33. The minimum absolute atomic E-state index is 0.0398. The average Bonchev–Trinajstić information content (AvgIpc) is 2.90. The predicted molar refractivity (Wildman–Crippen MR) is 83.2 cm³/mol. The van der Waals surface area contributed by atoms with Crippen LogP contribution in [0.2, 0.25) is 5.02 Å². The molecule has 3 nitrogen and oxygen atoms in total. The molecule has 110 valence electrons. The van der Waals surface area contributed by atoms with Crippen molar-refractivity contribution in [3.8, 4) is 0 Å². The normalized spacial score (nSPS) is 18.5. The van der Waals surface area contributed by atoms with Crippen molar-refractivity contribution in [3.63, 3.8) is 0 Å². The van der Waals surface area contributed by atoms with Gasteiger partial charge in [0.25, 0.3) is 5.91 Å². The molecule has 1 fully saturated rings.